The van der Waals surface area contributed by atoms with Crippen LogP contribution in [0.3, 0.4) is 0 Å². The van der Waals surface area contributed by atoms with E-state index in [2.05, 4.69) is 15.6 Å². The first kappa shape index (κ1) is 19.8. The van der Waals surface area contributed by atoms with Gasteiger partial charge in [-0.2, -0.15) is 0 Å². The van der Waals surface area contributed by atoms with Crippen molar-refractivity contribution in [2.24, 2.45) is 4.99 Å². The topological polar surface area (TPSA) is 77.0 Å². The number of anilines is 2. The van der Waals surface area contributed by atoms with Crippen LogP contribution in [0.4, 0.5) is 20.2 Å². The fourth-order valence-corrected chi connectivity index (χ4v) is 3.52. The number of hydrogen-bond acceptors (Lipinski definition) is 5. The smallest absolute Gasteiger partial charge is 0.249 e. The minimum absolute atomic E-state index is 0.0638. The number of benzene rings is 2. The van der Waals surface area contributed by atoms with Gasteiger partial charge in [0.2, 0.25) is 17.8 Å². The summed E-state index contributed by atoms with van der Waals surface area (Å²) in [7, 11) is 0. The number of halogens is 2. The number of para-hydroxylation sites is 1. The molecule has 0 saturated carbocycles. The van der Waals surface area contributed by atoms with Crippen LogP contribution in [0, 0.1) is 11.6 Å². The summed E-state index contributed by atoms with van der Waals surface area (Å²) in [4.78, 5) is 32.9. The van der Waals surface area contributed by atoms with E-state index in [4.69, 9.17) is 0 Å². The molecule has 1 atom stereocenters. The summed E-state index contributed by atoms with van der Waals surface area (Å²) in [5.74, 6) is -1.06. The van der Waals surface area contributed by atoms with Crippen molar-refractivity contribution in [1.29, 1.82) is 0 Å². The lowest BCUT2D eigenvalue weighted by atomic mass is 10.1. The molecule has 30 heavy (non-hydrogen) atoms. The van der Waals surface area contributed by atoms with Crippen LogP contribution in [0.15, 0.2) is 53.5 Å². The summed E-state index contributed by atoms with van der Waals surface area (Å²) >= 11 is 0. The van der Waals surface area contributed by atoms with Gasteiger partial charge in [0.05, 0.1) is 12.1 Å². The Morgan fingerprint density at radius 3 is 2.37 bits per heavy atom. The molecule has 2 heterocycles. The third-order valence-corrected chi connectivity index (χ3v) is 5.09. The summed E-state index contributed by atoms with van der Waals surface area (Å²) in [6.45, 7) is 2.17. The Morgan fingerprint density at radius 1 is 1.00 bits per heavy atom. The van der Waals surface area contributed by atoms with Crippen molar-refractivity contribution < 1.29 is 18.4 Å². The summed E-state index contributed by atoms with van der Waals surface area (Å²) in [5, 5.41) is 5.38. The van der Waals surface area contributed by atoms with Crippen molar-refractivity contribution in [2.45, 2.75) is 12.5 Å². The maximum Gasteiger partial charge on any atom is 0.249 e. The molecular formula is C21H21F2N5O2. The minimum Gasteiger partial charge on any atom is -0.366 e. The number of guanidine groups is 1. The Hall–Kier alpha value is -3.49. The third-order valence-electron chi connectivity index (χ3n) is 5.09. The molecule has 7 nitrogen and oxygen atoms in total. The highest BCUT2D eigenvalue weighted by Crippen LogP contribution is 2.21. The van der Waals surface area contributed by atoms with Gasteiger partial charge in [0.15, 0.2) is 0 Å². The normalized spacial score (nSPS) is 19.2. The summed E-state index contributed by atoms with van der Waals surface area (Å²) in [5.41, 5.74) is 0.978. The highest BCUT2D eigenvalue weighted by Gasteiger charge is 2.31. The zero-order valence-corrected chi connectivity index (χ0v) is 16.1. The number of carbonyl (C=O) groups excluding carboxylic acids is 2. The maximum absolute atomic E-state index is 14.0. The van der Waals surface area contributed by atoms with E-state index in [1.807, 2.05) is 9.80 Å². The van der Waals surface area contributed by atoms with Crippen LogP contribution < -0.4 is 15.5 Å². The Bertz CT molecular complexity index is 972. The highest BCUT2D eigenvalue weighted by molar-refractivity contribution is 6.06. The standard InChI is InChI=1S/C21H21F2N5O2/c22-14-5-7-15(8-6-14)24-20(30)17-13-19(29)26-21(25-17)28-11-9-27(10-12-28)18-4-2-1-3-16(18)23/h1-8,17H,9-13H2,(H,24,30)(H,25,26,29)/t17-/m1/s1. The van der Waals surface area contributed by atoms with Gasteiger partial charge in [0.1, 0.15) is 17.7 Å². The molecule has 0 unspecified atom stereocenters. The van der Waals surface area contributed by atoms with Crippen molar-refractivity contribution in [3.8, 4) is 0 Å². The van der Waals surface area contributed by atoms with Crippen molar-refractivity contribution in [2.75, 3.05) is 36.4 Å². The van der Waals surface area contributed by atoms with Crippen LogP contribution in [0.5, 0.6) is 0 Å². The molecule has 1 fully saturated rings. The zero-order chi connectivity index (χ0) is 21.1. The molecule has 2 amide bonds. The molecule has 2 aliphatic rings. The van der Waals surface area contributed by atoms with E-state index in [1.165, 1.54) is 30.3 Å². The number of hydrogen-bond donors (Lipinski definition) is 2. The molecule has 2 N–H and O–H groups in total. The van der Waals surface area contributed by atoms with Crippen LogP contribution in [0.2, 0.25) is 0 Å². The van der Waals surface area contributed by atoms with E-state index in [1.54, 1.807) is 18.2 Å². The van der Waals surface area contributed by atoms with Gasteiger partial charge in [-0.05, 0) is 36.4 Å². The molecule has 2 aromatic rings. The molecule has 0 aliphatic carbocycles. The van der Waals surface area contributed by atoms with E-state index in [0.29, 0.717) is 43.5 Å². The predicted octanol–water partition coefficient (Wildman–Crippen LogP) is 1.97. The minimum atomic E-state index is -0.872. The lowest BCUT2D eigenvalue weighted by Crippen LogP contribution is -2.56. The average Bonchev–Trinajstić information content (AvgIpc) is 2.75. The number of amides is 2. The second-order valence-corrected chi connectivity index (χ2v) is 7.14. The van der Waals surface area contributed by atoms with Crippen molar-refractivity contribution in [1.82, 2.24) is 10.2 Å². The van der Waals surface area contributed by atoms with Crippen LogP contribution in [-0.4, -0.2) is 54.9 Å². The fraction of sp³-hybridized carbons (Fsp3) is 0.286. The highest BCUT2D eigenvalue weighted by atomic mass is 19.1. The number of nitrogens with one attached hydrogen (secondary N) is 2. The maximum atomic E-state index is 14.0. The predicted molar refractivity (Wildman–Crippen MR) is 109 cm³/mol. The molecule has 1 saturated heterocycles. The Labute approximate surface area is 172 Å². The largest absolute Gasteiger partial charge is 0.366 e. The van der Waals surface area contributed by atoms with Crippen LogP contribution >= 0.6 is 0 Å². The molecule has 2 aliphatic heterocycles. The number of rotatable bonds is 3. The monoisotopic (exact) mass is 413 g/mol. The van der Waals surface area contributed by atoms with E-state index in [0.717, 1.165) is 0 Å². The number of carbonyl (C=O) groups is 2. The lowest BCUT2D eigenvalue weighted by molar-refractivity contribution is -0.125. The first-order valence-electron chi connectivity index (χ1n) is 9.68. The van der Waals surface area contributed by atoms with Gasteiger partial charge < -0.3 is 15.1 Å². The fourth-order valence-electron chi connectivity index (χ4n) is 3.52. The van der Waals surface area contributed by atoms with Gasteiger partial charge in [-0.3, -0.25) is 14.9 Å². The first-order valence-corrected chi connectivity index (χ1v) is 9.68. The molecule has 0 spiro atoms. The molecule has 4 rings (SSSR count). The van der Waals surface area contributed by atoms with E-state index >= 15 is 0 Å². The Morgan fingerprint density at radius 2 is 1.67 bits per heavy atom. The molecule has 9 heteroatoms. The second kappa shape index (κ2) is 8.48. The SMILES string of the molecule is O=C1C[C@H](C(=O)Nc2ccc(F)cc2)N=C(N2CCN(c3ccccc3F)CC2)N1. The van der Waals surface area contributed by atoms with Gasteiger partial charge in [0, 0.05) is 31.9 Å². The number of aliphatic imine (C=N–C) groups is 1. The van der Waals surface area contributed by atoms with E-state index < -0.39 is 17.8 Å². The van der Waals surface area contributed by atoms with Crippen molar-refractivity contribution in [3.63, 3.8) is 0 Å². The molecule has 2 aromatic carbocycles. The van der Waals surface area contributed by atoms with Crippen molar-refractivity contribution >= 4 is 29.1 Å². The summed E-state index contributed by atoms with van der Waals surface area (Å²) in [6.07, 6.45) is -0.0638. The van der Waals surface area contributed by atoms with E-state index in [-0.39, 0.29) is 18.1 Å². The molecule has 156 valence electrons. The quantitative estimate of drug-likeness (QED) is 0.807. The average molecular weight is 413 g/mol. The van der Waals surface area contributed by atoms with Crippen LogP contribution in [-0.2, 0) is 9.59 Å². The van der Waals surface area contributed by atoms with Crippen LogP contribution in [0.1, 0.15) is 6.42 Å². The van der Waals surface area contributed by atoms with Crippen LogP contribution in [0.25, 0.3) is 0 Å². The second-order valence-electron chi connectivity index (χ2n) is 7.14. The molecule has 0 radical (unpaired) electrons. The zero-order valence-electron chi connectivity index (χ0n) is 16.1. The first-order chi connectivity index (χ1) is 14.5. The van der Waals surface area contributed by atoms with Gasteiger partial charge in [-0.25, -0.2) is 13.8 Å². The molecular weight excluding hydrogens is 392 g/mol. The number of piperazine rings is 1. The summed E-state index contributed by atoms with van der Waals surface area (Å²) < 4.78 is 27.0. The molecule has 0 bridgehead atoms. The number of nitrogens with zero attached hydrogens (tertiary/aromatic N) is 3. The lowest BCUT2D eigenvalue weighted by Gasteiger charge is -2.38. The van der Waals surface area contributed by atoms with Gasteiger partial charge in [-0.15, -0.1) is 0 Å². The summed E-state index contributed by atoms with van der Waals surface area (Å²) in [6, 6.07) is 11.1. The Kier molecular flexibility index (Phi) is 5.60. The van der Waals surface area contributed by atoms with Crippen molar-refractivity contribution in [3.05, 3.63) is 60.2 Å². The van der Waals surface area contributed by atoms with E-state index in [9.17, 15) is 18.4 Å². The Balaban J connectivity index is 1.41. The molecule has 0 aromatic heterocycles. The van der Waals surface area contributed by atoms with Gasteiger partial charge in [-0.1, -0.05) is 12.1 Å². The third kappa shape index (κ3) is 4.40. The van der Waals surface area contributed by atoms with Gasteiger partial charge >= 0.3 is 0 Å². The van der Waals surface area contributed by atoms with Gasteiger partial charge in [0.25, 0.3) is 0 Å².